The molecule has 198 valence electrons. The molecule has 3 rings (SSSR count). The molecule has 1 aromatic carbocycles. The first-order chi connectivity index (χ1) is 16.9. The second kappa shape index (κ2) is 11.9. The van der Waals surface area contributed by atoms with E-state index in [2.05, 4.69) is 18.0 Å². The van der Waals surface area contributed by atoms with Gasteiger partial charge in [-0.15, -0.1) is 11.3 Å². The lowest BCUT2D eigenvalue weighted by atomic mass is 9.73. The summed E-state index contributed by atoms with van der Waals surface area (Å²) in [6.45, 7) is 9.33. The van der Waals surface area contributed by atoms with Crippen molar-refractivity contribution in [3.05, 3.63) is 40.4 Å². The fraction of sp³-hybridized carbons (Fsp3) is 0.607. The molecule has 7 nitrogen and oxygen atoms in total. The Labute approximate surface area is 217 Å². The van der Waals surface area contributed by atoms with Crippen LogP contribution in [0.4, 0.5) is 0 Å². The Kier molecular flexibility index (Phi) is 9.44. The van der Waals surface area contributed by atoms with Crippen molar-refractivity contribution in [1.82, 2.24) is 4.98 Å². The largest absolute Gasteiger partial charge is 0.457 e. The molecule has 1 aliphatic heterocycles. The number of cyclic esters (lactones) is 1. The van der Waals surface area contributed by atoms with Gasteiger partial charge in [-0.3, -0.25) is 9.59 Å². The van der Waals surface area contributed by atoms with Crippen molar-refractivity contribution in [3.63, 3.8) is 0 Å². The van der Waals surface area contributed by atoms with Gasteiger partial charge in [-0.05, 0) is 49.8 Å². The van der Waals surface area contributed by atoms with E-state index in [-0.39, 0.29) is 18.1 Å². The van der Waals surface area contributed by atoms with E-state index < -0.39 is 35.6 Å². The van der Waals surface area contributed by atoms with Gasteiger partial charge in [-0.2, -0.15) is 0 Å². The van der Waals surface area contributed by atoms with Gasteiger partial charge in [0.15, 0.2) is 0 Å². The number of fused-ring (bicyclic) bond motifs is 1. The monoisotopic (exact) mass is 516 g/mol. The number of aromatic nitrogens is 1. The summed E-state index contributed by atoms with van der Waals surface area (Å²) in [5.41, 5.74) is 7.36. The van der Waals surface area contributed by atoms with E-state index in [1.807, 2.05) is 25.1 Å². The van der Waals surface area contributed by atoms with Crippen LogP contribution in [0.2, 0.25) is 0 Å². The molecule has 4 N–H and O–H groups in total. The molecule has 1 aromatic heterocycles. The first-order valence-electron chi connectivity index (χ1n) is 12.8. The van der Waals surface area contributed by atoms with E-state index >= 15 is 0 Å². The van der Waals surface area contributed by atoms with E-state index in [9.17, 15) is 19.8 Å². The average Bonchev–Trinajstić information content (AvgIpc) is 3.26. The predicted molar refractivity (Wildman–Crippen MR) is 142 cm³/mol. The van der Waals surface area contributed by atoms with Crippen LogP contribution in [0, 0.1) is 17.3 Å². The Morgan fingerprint density at radius 2 is 1.94 bits per heavy atom. The number of hydrogen-bond donors (Lipinski definition) is 3. The van der Waals surface area contributed by atoms with Crippen molar-refractivity contribution in [1.29, 1.82) is 0 Å². The summed E-state index contributed by atoms with van der Waals surface area (Å²) in [6, 6.07) is 5.84. The molecule has 1 aliphatic rings. The Bertz CT molecular complexity index is 1110. The van der Waals surface area contributed by atoms with Gasteiger partial charge in [0.2, 0.25) is 0 Å². The number of esters is 1. The van der Waals surface area contributed by atoms with Crippen LogP contribution in [-0.2, 0) is 20.9 Å². The van der Waals surface area contributed by atoms with Crippen molar-refractivity contribution in [2.45, 2.75) is 91.6 Å². The maximum atomic E-state index is 13.2. The summed E-state index contributed by atoms with van der Waals surface area (Å²) in [7, 11) is 0. The van der Waals surface area contributed by atoms with E-state index in [0.29, 0.717) is 13.0 Å². The maximum absolute atomic E-state index is 13.2. The third-order valence-corrected chi connectivity index (χ3v) is 8.58. The number of carbonyl (C=O) groups excluding carboxylic acids is 2. The number of Topliss-reactive ketones (excluding diaryl/α,β-unsaturated/α-hetero) is 1. The molecule has 5 atom stereocenters. The normalized spacial score (nSPS) is 30.6. The highest BCUT2D eigenvalue weighted by atomic mass is 32.1. The molecule has 0 saturated heterocycles. The summed E-state index contributed by atoms with van der Waals surface area (Å²) in [5, 5.41) is 22.5. The van der Waals surface area contributed by atoms with Gasteiger partial charge >= 0.3 is 5.97 Å². The number of rotatable bonds is 2. The quantitative estimate of drug-likeness (QED) is 0.386. The number of aliphatic hydroxyl groups excluding tert-OH is 2. The molecule has 8 heteroatoms. The van der Waals surface area contributed by atoms with Crippen LogP contribution >= 0.6 is 11.3 Å². The molecule has 0 radical (unpaired) electrons. The molecule has 0 unspecified atom stereocenters. The standard InChI is InChI=1S/C28H40N2O5S/c1-16-7-6-8-17(2)26(33)18(3)27(34)28(4,5)23(31)14-25(32)35-21(11-9-16)19-10-12-22-20(13-19)30-24(15-29)36-22/h9-10,12-13,17-18,21,23,26,31,33H,6-8,11,14-15,29H2,1-5H3/b16-9+/t17-,18+,21-,23-,26-/m0/s1. The molecule has 0 aliphatic carbocycles. The fourth-order valence-electron chi connectivity index (χ4n) is 4.83. The zero-order valence-corrected chi connectivity index (χ0v) is 22.8. The minimum atomic E-state index is -1.23. The lowest BCUT2D eigenvalue weighted by Gasteiger charge is -2.34. The molecular formula is C28H40N2O5S. The van der Waals surface area contributed by atoms with Crippen LogP contribution in [-0.4, -0.2) is 39.2 Å². The fourth-order valence-corrected chi connectivity index (χ4v) is 5.66. The smallest absolute Gasteiger partial charge is 0.309 e. The summed E-state index contributed by atoms with van der Waals surface area (Å²) >= 11 is 1.54. The number of nitrogens with two attached hydrogens (primary N) is 1. The summed E-state index contributed by atoms with van der Waals surface area (Å²) in [5.74, 6) is -1.54. The van der Waals surface area contributed by atoms with Gasteiger partial charge < -0.3 is 20.7 Å². The summed E-state index contributed by atoms with van der Waals surface area (Å²) < 4.78 is 6.90. The molecule has 0 spiro atoms. The average molecular weight is 517 g/mol. The van der Waals surface area contributed by atoms with E-state index in [1.54, 1.807) is 32.1 Å². The van der Waals surface area contributed by atoms with Gasteiger partial charge in [0, 0.05) is 18.9 Å². The maximum Gasteiger partial charge on any atom is 0.309 e. The van der Waals surface area contributed by atoms with Gasteiger partial charge in [-0.1, -0.05) is 45.4 Å². The van der Waals surface area contributed by atoms with Crippen molar-refractivity contribution < 1.29 is 24.5 Å². The first kappa shape index (κ1) is 28.4. The Morgan fingerprint density at radius 1 is 1.22 bits per heavy atom. The minimum Gasteiger partial charge on any atom is -0.457 e. The second-order valence-corrected chi connectivity index (χ2v) is 11.9. The molecule has 0 bridgehead atoms. The van der Waals surface area contributed by atoms with Crippen LogP contribution < -0.4 is 5.73 Å². The Morgan fingerprint density at radius 3 is 2.64 bits per heavy atom. The SMILES string of the molecule is C/C1=C\C[C@@H](c2ccc3sc(CN)nc3c2)OC(=O)C[C@H](O)C(C)(C)C(=O)[C@H](C)[C@@H](O)[C@@H](C)CCC1. The summed E-state index contributed by atoms with van der Waals surface area (Å²) in [6.07, 6.45) is 2.21. The molecule has 0 fully saturated rings. The zero-order chi connectivity index (χ0) is 26.6. The topological polar surface area (TPSA) is 123 Å². The van der Waals surface area contributed by atoms with Crippen molar-refractivity contribution in [2.75, 3.05) is 0 Å². The van der Waals surface area contributed by atoms with Crippen LogP contribution in [0.25, 0.3) is 10.2 Å². The summed E-state index contributed by atoms with van der Waals surface area (Å²) in [4.78, 5) is 30.8. The second-order valence-electron chi connectivity index (χ2n) is 10.8. The molecule has 0 saturated carbocycles. The number of hydrogen-bond acceptors (Lipinski definition) is 8. The van der Waals surface area contributed by atoms with Gasteiger partial charge in [0.25, 0.3) is 0 Å². The van der Waals surface area contributed by atoms with Crippen molar-refractivity contribution in [3.8, 4) is 0 Å². The lowest BCUT2D eigenvalue weighted by Crippen LogP contribution is -2.45. The highest BCUT2D eigenvalue weighted by Gasteiger charge is 2.42. The molecule has 2 aromatic rings. The zero-order valence-electron chi connectivity index (χ0n) is 22.0. The highest BCUT2D eigenvalue weighted by molar-refractivity contribution is 7.18. The van der Waals surface area contributed by atoms with Crippen LogP contribution in [0.3, 0.4) is 0 Å². The Balaban J connectivity index is 1.91. The molecule has 0 amide bonds. The van der Waals surface area contributed by atoms with E-state index in [0.717, 1.165) is 40.1 Å². The molecular weight excluding hydrogens is 476 g/mol. The number of ether oxygens (including phenoxy) is 1. The molecule has 36 heavy (non-hydrogen) atoms. The van der Waals surface area contributed by atoms with Crippen molar-refractivity contribution >= 4 is 33.3 Å². The number of carbonyl (C=O) groups is 2. The predicted octanol–water partition coefficient (Wildman–Crippen LogP) is 4.84. The number of nitrogens with zero attached hydrogens (tertiary/aromatic N) is 1. The van der Waals surface area contributed by atoms with Gasteiger partial charge in [0.05, 0.1) is 34.3 Å². The van der Waals surface area contributed by atoms with Crippen LogP contribution in [0.15, 0.2) is 29.8 Å². The van der Waals surface area contributed by atoms with Gasteiger partial charge in [-0.25, -0.2) is 4.98 Å². The number of aliphatic hydroxyl groups is 2. The van der Waals surface area contributed by atoms with Crippen molar-refractivity contribution in [2.24, 2.45) is 23.0 Å². The van der Waals surface area contributed by atoms with E-state index in [4.69, 9.17) is 10.5 Å². The number of ketones is 1. The number of allylic oxidation sites excluding steroid dienone is 1. The molecule has 2 heterocycles. The van der Waals surface area contributed by atoms with Crippen LogP contribution in [0.5, 0.6) is 0 Å². The van der Waals surface area contributed by atoms with Gasteiger partial charge in [0.1, 0.15) is 16.9 Å². The highest BCUT2D eigenvalue weighted by Crippen LogP contribution is 2.34. The van der Waals surface area contributed by atoms with E-state index in [1.165, 1.54) is 5.57 Å². The third-order valence-electron chi connectivity index (χ3n) is 7.52. The number of thiazole rings is 1. The third kappa shape index (κ3) is 6.59. The lowest BCUT2D eigenvalue weighted by molar-refractivity contribution is -0.155. The first-order valence-corrected chi connectivity index (χ1v) is 13.6. The van der Waals surface area contributed by atoms with Crippen LogP contribution in [0.1, 0.15) is 83.4 Å². The Hall–Kier alpha value is -2.13. The number of benzene rings is 1. The minimum absolute atomic E-state index is 0.0569.